The van der Waals surface area contributed by atoms with Crippen LogP contribution in [0, 0.1) is 0 Å². The number of alkyl halides is 3. The third-order valence-corrected chi connectivity index (χ3v) is 4.79. The van der Waals surface area contributed by atoms with E-state index in [-0.39, 0.29) is 5.75 Å². The summed E-state index contributed by atoms with van der Waals surface area (Å²) in [6, 6.07) is 6.87. The first kappa shape index (κ1) is 17.5. The molecule has 7 heteroatoms. The third kappa shape index (κ3) is 5.09. The van der Waals surface area contributed by atoms with E-state index >= 15 is 0 Å². The number of hydrogen-bond acceptors (Lipinski definition) is 4. The monoisotopic (exact) mass is 343 g/mol. The van der Waals surface area contributed by atoms with Crippen molar-refractivity contribution < 1.29 is 17.9 Å². The predicted octanol–water partition coefficient (Wildman–Crippen LogP) is 2.45. The van der Waals surface area contributed by atoms with Gasteiger partial charge in [-0.3, -0.25) is 9.80 Å². The fourth-order valence-corrected chi connectivity index (χ4v) is 3.54. The maximum atomic E-state index is 12.2. The molecule has 0 aliphatic carbocycles. The van der Waals surface area contributed by atoms with Gasteiger partial charge in [-0.05, 0) is 43.6 Å². The standard InChI is InChI=1S/C17H24F3N3O/c18-17(19,20)24-16-3-1-14(2-4-16)13-22-9-5-15(6-10-22)23-11-7-21-8-12-23/h1-4,15,21H,5-13H2. The largest absolute Gasteiger partial charge is 0.573 e. The summed E-state index contributed by atoms with van der Waals surface area (Å²) < 4.78 is 40.4. The van der Waals surface area contributed by atoms with Crippen LogP contribution in [0.15, 0.2) is 24.3 Å². The molecular formula is C17H24F3N3O. The van der Waals surface area contributed by atoms with Crippen molar-refractivity contribution >= 4 is 0 Å². The number of nitrogens with zero attached hydrogens (tertiary/aromatic N) is 2. The maximum Gasteiger partial charge on any atom is 0.573 e. The number of hydrogen-bond donors (Lipinski definition) is 1. The quantitative estimate of drug-likeness (QED) is 0.909. The van der Waals surface area contributed by atoms with Crippen LogP contribution in [-0.4, -0.2) is 61.5 Å². The Kier molecular flexibility index (Phi) is 5.63. The normalized spacial score (nSPS) is 21.8. The molecule has 0 aromatic heterocycles. The van der Waals surface area contributed by atoms with Gasteiger partial charge in [0, 0.05) is 38.8 Å². The van der Waals surface area contributed by atoms with Gasteiger partial charge < -0.3 is 10.1 Å². The van der Waals surface area contributed by atoms with Gasteiger partial charge in [-0.25, -0.2) is 0 Å². The second-order valence-corrected chi connectivity index (χ2v) is 6.49. The highest BCUT2D eigenvalue weighted by atomic mass is 19.4. The number of benzene rings is 1. The SMILES string of the molecule is FC(F)(F)Oc1ccc(CN2CCC(N3CCNCC3)CC2)cc1. The van der Waals surface area contributed by atoms with Gasteiger partial charge in [0.15, 0.2) is 0 Å². The lowest BCUT2D eigenvalue weighted by Crippen LogP contribution is -2.51. The van der Waals surface area contributed by atoms with Gasteiger partial charge in [0.25, 0.3) is 0 Å². The molecule has 0 atom stereocenters. The second kappa shape index (κ2) is 7.72. The predicted molar refractivity (Wildman–Crippen MR) is 85.9 cm³/mol. The van der Waals surface area contributed by atoms with Crippen molar-refractivity contribution in [2.24, 2.45) is 0 Å². The molecule has 1 N–H and O–H groups in total. The Bertz CT molecular complexity index is 507. The van der Waals surface area contributed by atoms with E-state index in [1.54, 1.807) is 12.1 Å². The fraction of sp³-hybridized carbons (Fsp3) is 0.647. The van der Waals surface area contributed by atoms with Crippen LogP contribution in [0.3, 0.4) is 0 Å². The van der Waals surface area contributed by atoms with E-state index in [1.165, 1.54) is 12.1 Å². The lowest BCUT2D eigenvalue weighted by Gasteiger charge is -2.40. The van der Waals surface area contributed by atoms with Gasteiger partial charge in [0.1, 0.15) is 5.75 Å². The molecule has 2 heterocycles. The smallest absolute Gasteiger partial charge is 0.406 e. The lowest BCUT2D eigenvalue weighted by molar-refractivity contribution is -0.274. The van der Waals surface area contributed by atoms with E-state index in [9.17, 15) is 13.2 Å². The van der Waals surface area contributed by atoms with Crippen LogP contribution in [0.2, 0.25) is 0 Å². The summed E-state index contributed by atoms with van der Waals surface area (Å²) in [6.45, 7) is 7.27. The van der Waals surface area contributed by atoms with Gasteiger partial charge in [0.05, 0.1) is 0 Å². The van der Waals surface area contributed by atoms with Crippen molar-refractivity contribution in [1.29, 1.82) is 0 Å². The van der Waals surface area contributed by atoms with Gasteiger partial charge in [-0.15, -0.1) is 13.2 Å². The molecule has 0 radical (unpaired) electrons. The number of halogens is 3. The minimum Gasteiger partial charge on any atom is -0.406 e. The van der Waals surface area contributed by atoms with Crippen molar-refractivity contribution in [2.45, 2.75) is 31.8 Å². The van der Waals surface area contributed by atoms with Crippen LogP contribution >= 0.6 is 0 Å². The number of piperidine rings is 1. The third-order valence-electron chi connectivity index (χ3n) is 4.79. The second-order valence-electron chi connectivity index (χ2n) is 6.49. The Morgan fingerprint density at radius 2 is 1.62 bits per heavy atom. The minimum atomic E-state index is -4.63. The van der Waals surface area contributed by atoms with Crippen molar-refractivity contribution in [3.8, 4) is 5.75 Å². The molecule has 0 bridgehead atoms. The van der Waals surface area contributed by atoms with Gasteiger partial charge in [0.2, 0.25) is 0 Å². The van der Waals surface area contributed by atoms with Crippen LogP contribution in [-0.2, 0) is 6.54 Å². The first-order chi connectivity index (χ1) is 11.5. The molecule has 2 fully saturated rings. The highest BCUT2D eigenvalue weighted by Gasteiger charge is 2.31. The summed E-state index contributed by atoms with van der Waals surface area (Å²) >= 11 is 0. The zero-order valence-electron chi connectivity index (χ0n) is 13.7. The summed E-state index contributed by atoms with van der Waals surface area (Å²) in [5.74, 6) is -0.163. The summed E-state index contributed by atoms with van der Waals surface area (Å²) in [6.07, 6.45) is -2.31. The van der Waals surface area contributed by atoms with E-state index in [4.69, 9.17) is 0 Å². The maximum absolute atomic E-state index is 12.2. The summed E-state index contributed by atoms with van der Waals surface area (Å²) in [5.41, 5.74) is 1.02. The number of rotatable bonds is 4. The number of likely N-dealkylation sites (tertiary alicyclic amines) is 1. The summed E-state index contributed by atoms with van der Waals surface area (Å²) in [7, 11) is 0. The van der Waals surface area contributed by atoms with Crippen LogP contribution in [0.4, 0.5) is 13.2 Å². The van der Waals surface area contributed by atoms with E-state index < -0.39 is 6.36 Å². The first-order valence-corrected chi connectivity index (χ1v) is 8.51. The van der Waals surface area contributed by atoms with Crippen LogP contribution < -0.4 is 10.1 Å². The molecule has 4 nitrogen and oxygen atoms in total. The molecule has 3 rings (SSSR count). The molecule has 0 amide bonds. The minimum absolute atomic E-state index is 0.163. The molecule has 1 aromatic carbocycles. The van der Waals surface area contributed by atoms with Crippen molar-refractivity contribution in [3.05, 3.63) is 29.8 Å². The zero-order chi connectivity index (χ0) is 17.0. The van der Waals surface area contributed by atoms with Crippen molar-refractivity contribution in [3.63, 3.8) is 0 Å². The van der Waals surface area contributed by atoms with E-state index in [0.717, 1.165) is 64.2 Å². The Labute approximate surface area is 140 Å². The molecule has 2 aliphatic rings. The molecule has 1 aromatic rings. The topological polar surface area (TPSA) is 27.7 Å². The van der Waals surface area contributed by atoms with Crippen LogP contribution in [0.25, 0.3) is 0 Å². The molecule has 0 saturated carbocycles. The molecule has 134 valence electrons. The average molecular weight is 343 g/mol. The van der Waals surface area contributed by atoms with Gasteiger partial charge in [-0.2, -0.15) is 0 Å². The molecular weight excluding hydrogens is 319 g/mol. The van der Waals surface area contributed by atoms with E-state index in [2.05, 4.69) is 19.9 Å². The Hall–Kier alpha value is -1.31. The van der Waals surface area contributed by atoms with Crippen LogP contribution in [0.1, 0.15) is 18.4 Å². The van der Waals surface area contributed by atoms with Crippen molar-refractivity contribution in [1.82, 2.24) is 15.1 Å². The molecule has 24 heavy (non-hydrogen) atoms. The van der Waals surface area contributed by atoms with E-state index in [1.807, 2.05) is 0 Å². The molecule has 2 aliphatic heterocycles. The first-order valence-electron chi connectivity index (χ1n) is 8.51. The number of nitrogens with one attached hydrogen (secondary N) is 1. The Morgan fingerprint density at radius 3 is 2.21 bits per heavy atom. The highest BCUT2D eigenvalue weighted by Crippen LogP contribution is 2.24. The lowest BCUT2D eigenvalue weighted by atomic mass is 10.0. The highest BCUT2D eigenvalue weighted by molar-refractivity contribution is 5.27. The molecule has 0 unspecified atom stereocenters. The summed E-state index contributed by atoms with van der Waals surface area (Å²) in [4.78, 5) is 4.95. The Balaban J connectivity index is 1.45. The average Bonchev–Trinajstić information content (AvgIpc) is 2.57. The number of ether oxygens (including phenoxy) is 1. The molecule has 2 saturated heterocycles. The van der Waals surface area contributed by atoms with Gasteiger partial charge in [-0.1, -0.05) is 12.1 Å². The van der Waals surface area contributed by atoms with Gasteiger partial charge >= 0.3 is 6.36 Å². The van der Waals surface area contributed by atoms with E-state index in [0.29, 0.717) is 6.04 Å². The molecule has 0 spiro atoms. The summed E-state index contributed by atoms with van der Waals surface area (Å²) in [5, 5.41) is 3.38. The zero-order valence-corrected chi connectivity index (χ0v) is 13.7. The number of piperazine rings is 1. The fourth-order valence-electron chi connectivity index (χ4n) is 3.54. The van der Waals surface area contributed by atoms with Crippen molar-refractivity contribution in [2.75, 3.05) is 39.3 Å². The van der Waals surface area contributed by atoms with Crippen LogP contribution in [0.5, 0.6) is 5.75 Å². The Morgan fingerprint density at radius 1 is 1.00 bits per heavy atom.